The standard InChI is InChI=1S/C21H26ClN3O3S/c1-24(2)29(27,28)18-8-6-7-16(13-18)15-23-20-14-17(22)9-10-19(20)21(26)25-11-4-3-5-12-25/h6-10,13-14,23H,3-5,11-12,15H2,1-2H3. The zero-order chi connectivity index (χ0) is 21.0. The lowest BCUT2D eigenvalue weighted by molar-refractivity contribution is 0.0725. The quantitative estimate of drug-likeness (QED) is 0.748. The lowest BCUT2D eigenvalue weighted by Crippen LogP contribution is -2.36. The number of sulfonamides is 1. The Labute approximate surface area is 177 Å². The van der Waals surface area contributed by atoms with E-state index in [1.807, 2.05) is 11.0 Å². The van der Waals surface area contributed by atoms with Crippen LogP contribution in [0, 0.1) is 0 Å². The van der Waals surface area contributed by atoms with Gasteiger partial charge in [-0.25, -0.2) is 12.7 Å². The molecule has 2 aromatic rings. The smallest absolute Gasteiger partial charge is 0.255 e. The number of rotatable bonds is 6. The topological polar surface area (TPSA) is 69.7 Å². The fraction of sp³-hybridized carbons (Fsp3) is 0.381. The van der Waals surface area contributed by atoms with Gasteiger partial charge in [-0.3, -0.25) is 4.79 Å². The van der Waals surface area contributed by atoms with Gasteiger partial charge in [-0.1, -0.05) is 23.7 Å². The predicted octanol–water partition coefficient (Wildman–Crippen LogP) is 3.83. The van der Waals surface area contributed by atoms with E-state index in [9.17, 15) is 13.2 Å². The highest BCUT2D eigenvalue weighted by molar-refractivity contribution is 7.89. The average molecular weight is 436 g/mol. The van der Waals surface area contributed by atoms with Gasteiger partial charge in [0.25, 0.3) is 5.91 Å². The highest BCUT2D eigenvalue weighted by Gasteiger charge is 2.21. The molecule has 0 radical (unpaired) electrons. The van der Waals surface area contributed by atoms with Crippen LogP contribution in [0.5, 0.6) is 0 Å². The molecule has 0 aromatic heterocycles. The van der Waals surface area contributed by atoms with Crippen LogP contribution in [0.3, 0.4) is 0 Å². The number of nitrogens with one attached hydrogen (secondary N) is 1. The summed E-state index contributed by atoms with van der Waals surface area (Å²) in [5.41, 5.74) is 2.02. The van der Waals surface area contributed by atoms with Crippen LogP contribution < -0.4 is 5.32 Å². The molecular weight excluding hydrogens is 410 g/mol. The molecule has 1 heterocycles. The second kappa shape index (κ2) is 9.15. The van der Waals surface area contributed by atoms with E-state index in [1.54, 1.807) is 36.4 Å². The van der Waals surface area contributed by atoms with E-state index in [4.69, 9.17) is 11.6 Å². The first kappa shape index (κ1) is 21.6. The summed E-state index contributed by atoms with van der Waals surface area (Å²) >= 11 is 6.16. The van der Waals surface area contributed by atoms with Gasteiger partial charge >= 0.3 is 0 Å². The molecule has 29 heavy (non-hydrogen) atoms. The Bertz CT molecular complexity index is 986. The number of hydrogen-bond acceptors (Lipinski definition) is 4. The Kier molecular flexibility index (Phi) is 6.82. The number of halogens is 1. The summed E-state index contributed by atoms with van der Waals surface area (Å²) in [6, 6.07) is 12.0. The van der Waals surface area contributed by atoms with E-state index >= 15 is 0 Å². The van der Waals surface area contributed by atoms with E-state index in [2.05, 4.69) is 5.32 Å². The number of benzene rings is 2. The number of anilines is 1. The van der Waals surface area contributed by atoms with E-state index in [-0.39, 0.29) is 10.8 Å². The van der Waals surface area contributed by atoms with Gasteiger partial charge in [-0.05, 0) is 55.2 Å². The van der Waals surface area contributed by atoms with Crippen molar-refractivity contribution in [3.63, 3.8) is 0 Å². The molecule has 0 spiro atoms. The Balaban J connectivity index is 1.81. The van der Waals surface area contributed by atoms with Gasteiger partial charge in [0.2, 0.25) is 10.0 Å². The van der Waals surface area contributed by atoms with Crippen LogP contribution in [0.4, 0.5) is 5.69 Å². The monoisotopic (exact) mass is 435 g/mol. The lowest BCUT2D eigenvalue weighted by atomic mass is 10.1. The number of carbonyl (C=O) groups is 1. The summed E-state index contributed by atoms with van der Waals surface area (Å²) in [6.07, 6.45) is 3.20. The number of carbonyl (C=O) groups excluding carboxylic acids is 1. The molecule has 8 heteroatoms. The molecule has 1 saturated heterocycles. The third-order valence-electron chi connectivity index (χ3n) is 5.02. The van der Waals surface area contributed by atoms with Gasteiger partial charge in [-0.15, -0.1) is 0 Å². The van der Waals surface area contributed by atoms with Crippen molar-refractivity contribution in [3.8, 4) is 0 Å². The first-order valence-electron chi connectivity index (χ1n) is 9.63. The summed E-state index contributed by atoms with van der Waals surface area (Å²) in [4.78, 5) is 15.1. The molecule has 0 aliphatic carbocycles. The zero-order valence-corrected chi connectivity index (χ0v) is 18.3. The predicted molar refractivity (Wildman–Crippen MR) is 116 cm³/mol. The van der Waals surface area contributed by atoms with Crippen molar-refractivity contribution < 1.29 is 13.2 Å². The Hall–Kier alpha value is -2.09. The molecule has 1 amide bonds. The van der Waals surface area contributed by atoms with Crippen molar-refractivity contribution in [2.45, 2.75) is 30.7 Å². The van der Waals surface area contributed by atoms with Crippen LogP contribution in [-0.4, -0.2) is 50.7 Å². The molecule has 1 fully saturated rings. The fourth-order valence-corrected chi connectivity index (χ4v) is 4.49. The van der Waals surface area contributed by atoms with Crippen molar-refractivity contribution in [1.82, 2.24) is 9.21 Å². The summed E-state index contributed by atoms with van der Waals surface area (Å²) in [5, 5.41) is 3.79. The molecule has 156 valence electrons. The Morgan fingerprint density at radius 3 is 2.52 bits per heavy atom. The summed E-state index contributed by atoms with van der Waals surface area (Å²) in [5.74, 6) is -0.00666. The summed E-state index contributed by atoms with van der Waals surface area (Å²) in [6.45, 7) is 1.91. The van der Waals surface area contributed by atoms with Crippen molar-refractivity contribution in [2.75, 3.05) is 32.5 Å². The largest absolute Gasteiger partial charge is 0.380 e. The molecule has 6 nitrogen and oxygen atoms in total. The summed E-state index contributed by atoms with van der Waals surface area (Å²) < 4.78 is 25.9. The van der Waals surface area contributed by atoms with Gasteiger partial charge in [0, 0.05) is 44.4 Å². The highest BCUT2D eigenvalue weighted by atomic mass is 35.5. The molecule has 1 N–H and O–H groups in total. The molecule has 0 atom stereocenters. The summed E-state index contributed by atoms with van der Waals surface area (Å²) in [7, 11) is -0.492. The molecule has 1 aliphatic rings. The maximum Gasteiger partial charge on any atom is 0.255 e. The van der Waals surface area contributed by atoms with E-state index < -0.39 is 10.0 Å². The second-order valence-corrected chi connectivity index (χ2v) is 9.92. The molecule has 2 aromatic carbocycles. The molecule has 1 aliphatic heterocycles. The normalized spacial score (nSPS) is 14.8. The van der Waals surface area contributed by atoms with Crippen molar-refractivity contribution in [2.24, 2.45) is 0 Å². The minimum absolute atomic E-state index is 0.00666. The minimum Gasteiger partial charge on any atom is -0.380 e. The Morgan fingerprint density at radius 1 is 1.10 bits per heavy atom. The van der Waals surface area contributed by atoms with Crippen molar-refractivity contribution in [3.05, 3.63) is 58.6 Å². The van der Waals surface area contributed by atoms with E-state index in [0.29, 0.717) is 22.8 Å². The van der Waals surface area contributed by atoms with E-state index in [1.165, 1.54) is 18.4 Å². The molecule has 0 bridgehead atoms. The number of nitrogens with zero attached hydrogens (tertiary/aromatic N) is 2. The Morgan fingerprint density at radius 2 is 1.83 bits per heavy atom. The maximum atomic E-state index is 13.0. The van der Waals surface area contributed by atoms with Crippen LogP contribution in [-0.2, 0) is 16.6 Å². The SMILES string of the molecule is CN(C)S(=O)(=O)c1cccc(CNc2cc(Cl)ccc2C(=O)N2CCCCC2)c1. The number of hydrogen-bond donors (Lipinski definition) is 1. The van der Waals surface area contributed by atoms with Gasteiger partial charge in [0.05, 0.1) is 10.5 Å². The van der Waals surface area contributed by atoms with Crippen molar-refractivity contribution >= 4 is 33.2 Å². The molecule has 0 unspecified atom stereocenters. The third-order valence-corrected chi connectivity index (χ3v) is 7.06. The van der Waals surface area contributed by atoms with Gasteiger partial charge in [-0.2, -0.15) is 0 Å². The van der Waals surface area contributed by atoms with E-state index in [0.717, 1.165) is 37.9 Å². The first-order valence-corrected chi connectivity index (χ1v) is 11.4. The third kappa shape index (κ3) is 5.10. The average Bonchev–Trinajstić information content (AvgIpc) is 2.72. The number of piperidine rings is 1. The van der Waals surface area contributed by atoms with Crippen LogP contribution in [0.1, 0.15) is 35.2 Å². The van der Waals surface area contributed by atoms with Crippen LogP contribution in [0.15, 0.2) is 47.4 Å². The molecular formula is C21H26ClN3O3S. The minimum atomic E-state index is -3.50. The number of amides is 1. The van der Waals surface area contributed by atoms with Crippen LogP contribution in [0.25, 0.3) is 0 Å². The van der Waals surface area contributed by atoms with Crippen LogP contribution >= 0.6 is 11.6 Å². The van der Waals surface area contributed by atoms with Gasteiger partial charge in [0.1, 0.15) is 0 Å². The fourth-order valence-electron chi connectivity index (χ4n) is 3.34. The molecule has 0 saturated carbocycles. The van der Waals surface area contributed by atoms with Gasteiger partial charge in [0.15, 0.2) is 0 Å². The first-order chi connectivity index (χ1) is 13.8. The van der Waals surface area contributed by atoms with Gasteiger partial charge < -0.3 is 10.2 Å². The van der Waals surface area contributed by atoms with Crippen molar-refractivity contribution in [1.29, 1.82) is 0 Å². The zero-order valence-electron chi connectivity index (χ0n) is 16.7. The van der Waals surface area contributed by atoms with Crippen LogP contribution in [0.2, 0.25) is 5.02 Å². The number of likely N-dealkylation sites (tertiary alicyclic amines) is 1. The maximum absolute atomic E-state index is 13.0. The highest BCUT2D eigenvalue weighted by Crippen LogP contribution is 2.25. The second-order valence-electron chi connectivity index (χ2n) is 7.33. The molecule has 3 rings (SSSR count). The lowest BCUT2D eigenvalue weighted by Gasteiger charge is -2.27.